The lowest BCUT2D eigenvalue weighted by Crippen LogP contribution is -2.31. The van der Waals surface area contributed by atoms with E-state index in [1.54, 1.807) is 12.1 Å². The number of hydrogen-bond acceptors (Lipinski definition) is 1. The molecule has 3 atom stereocenters. The second-order valence-electron chi connectivity index (χ2n) is 5.66. The van der Waals surface area contributed by atoms with E-state index in [2.05, 4.69) is 5.32 Å². The van der Waals surface area contributed by atoms with Gasteiger partial charge in [0, 0.05) is 12.1 Å². The molecule has 2 saturated carbocycles. The summed E-state index contributed by atoms with van der Waals surface area (Å²) in [5.41, 5.74) is 0.415. The summed E-state index contributed by atoms with van der Waals surface area (Å²) in [4.78, 5) is 11.9. The number of hydrogen-bond donors (Lipinski definition) is 1. The molecule has 2 aliphatic rings. The molecule has 18 heavy (non-hydrogen) atoms. The Balaban J connectivity index is 1.56. The molecule has 1 amide bonds. The van der Waals surface area contributed by atoms with E-state index in [1.807, 2.05) is 0 Å². The van der Waals surface area contributed by atoms with Crippen LogP contribution >= 0.6 is 0 Å². The molecule has 96 valence electrons. The number of benzene rings is 1. The van der Waals surface area contributed by atoms with E-state index < -0.39 is 0 Å². The van der Waals surface area contributed by atoms with Crippen LogP contribution in [0, 0.1) is 23.6 Å². The third-order valence-electron chi connectivity index (χ3n) is 4.50. The summed E-state index contributed by atoms with van der Waals surface area (Å²) >= 11 is 0. The Morgan fingerprint density at radius 3 is 2.89 bits per heavy atom. The maximum atomic E-state index is 13.0. The average Bonchev–Trinajstić information content (AvgIpc) is 2.98. The summed E-state index contributed by atoms with van der Waals surface area (Å²) in [6.07, 6.45) is 5.30. The van der Waals surface area contributed by atoms with Crippen LogP contribution in [-0.2, 0) is 0 Å². The van der Waals surface area contributed by atoms with Crippen LogP contribution in [0.1, 0.15) is 36.0 Å². The van der Waals surface area contributed by atoms with Crippen molar-refractivity contribution in [3.8, 4) is 0 Å². The maximum absolute atomic E-state index is 13.0. The Hall–Kier alpha value is -1.38. The number of halogens is 1. The highest BCUT2D eigenvalue weighted by molar-refractivity contribution is 5.94. The maximum Gasteiger partial charge on any atom is 0.251 e. The van der Waals surface area contributed by atoms with E-state index in [-0.39, 0.29) is 11.7 Å². The second kappa shape index (κ2) is 4.71. The van der Waals surface area contributed by atoms with Gasteiger partial charge in [0.05, 0.1) is 0 Å². The summed E-state index contributed by atoms with van der Waals surface area (Å²) in [5.74, 6) is 1.83. The number of rotatable bonds is 3. The average molecular weight is 247 g/mol. The van der Waals surface area contributed by atoms with Gasteiger partial charge in [0.25, 0.3) is 5.91 Å². The molecule has 0 aliphatic heterocycles. The Morgan fingerprint density at radius 1 is 1.33 bits per heavy atom. The van der Waals surface area contributed by atoms with Crippen LogP contribution in [0.15, 0.2) is 24.3 Å². The van der Waals surface area contributed by atoms with Crippen LogP contribution in [0.2, 0.25) is 0 Å². The smallest absolute Gasteiger partial charge is 0.251 e. The van der Waals surface area contributed by atoms with Crippen LogP contribution < -0.4 is 5.32 Å². The molecule has 2 aliphatic carbocycles. The van der Waals surface area contributed by atoms with Crippen LogP contribution in [0.25, 0.3) is 0 Å². The van der Waals surface area contributed by atoms with Crippen molar-refractivity contribution < 1.29 is 9.18 Å². The van der Waals surface area contributed by atoms with Crippen molar-refractivity contribution in [1.29, 1.82) is 0 Å². The van der Waals surface area contributed by atoms with E-state index >= 15 is 0 Å². The van der Waals surface area contributed by atoms with Gasteiger partial charge in [-0.15, -0.1) is 0 Å². The standard InChI is InChI=1S/C15H18FNO/c16-14-3-1-2-12(8-14)15(18)17-9-13-7-10-4-5-11(13)6-10/h1-3,8,10-11,13H,4-7,9H2,(H,17,18)/t10-,11-,13+/m1/s1. The molecule has 0 unspecified atom stereocenters. The summed E-state index contributed by atoms with van der Waals surface area (Å²) in [5, 5.41) is 2.95. The molecule has 0 heterocycles. The number of amides is 1. The lowest BCUT2D eigenvalue weighted by atomic mass is 9.89. The van der Waals surface area contributed by atoms with Gasteiger partial charge >= 0.3 is 0 Å². The highest BCUT2D eigenvalue weighted by Crippen LogP contribution is 2.47. The Morgan fingerprint density at radius 2 is 2.22 bits per heavy atom. The predicted molar refractivity (Wildman–Crippen MR) is 67.7 cm³/mol. The number of carbonyl (C=O) groups is 1. The number of carbonyl (C=O) groups excluding carboxylic acids is 1. The lowest BCUT2D eigenvalue weighted by molar-refractivity contribution is 0.0941. The molecule has 0 saturated heterocycles. The van der Waals surface area contributed by atoms with Gasteiger partial charge in [-0.3, -0.25) is 4.79 Å². The first-order chi connectivity index (χ1) is 8.72. The van der Waals surface area contributed by atoms with E-state index in [0.717, 1.165) is 18.4 Å². The molecular formula is C15H18FNO. The summed E-state index contributed by atoms with van der Waals surface area (Å²) in [7, 11) is 0. The summed E-state index contributed by atoms with van der Waals surface area (Å²) < 4.78 is 13.0. The SMILES string of the molecule is O=C(NC[C@@H]1C[C@@H]2CC[C@@H]1C2)c1cccc(F)c1. The predicted octanol–water partition coefficient (Wildman–Crippen LogP) is 2.99. The third kappa shape index (κ3) is 2.26. The minimum absolute atomic E-state index is 0.155. The van der Waals surface area contributed by atoms with Gasteiger partial charge in [0.2, 0.25) is 0 Å². The van der Waals surface area contributed by atoms with Gasteiger partial charge in [0.15, 0.2) is 0 Å². The van der Waals surface area contributed by atoms with Gasteiger partial charge in [-0.1, -0.05) is 12.5 Å². The van der Waals surface area contributed by atoms with Crippen molar-refractivity contribution in [2.45, 2.75) is 25.7 Å². The Labute approximate surface area is 107 Å². The van der Waals surface area contributed by atoms with Crippen LogP contribution in [0.5, 0.6) is 0 Å². The highest BCUT2D eigenvalue weighted by Gasteiger charge is 2.39. The topological polar surface area (TPSA) is 29.1 Å². The molecule has 1 aromatic rings. The van der Waals surface area contributed by atoms with Gasteiger partial charge in [0.1, 0.15) is 5.82 Å². The van der Waals surface area contributed by atoms with Crippen LogP contribution in [-0.4, -0.2) is 12.5 Å². The molecule has 3 heteroatoms. The fraction of sp³-hybridized carbons (Fsp3) is 0.533. The molecule has 0 radical (unpaired) electrons. The van der Waals surface area contributed by atoms with Gasteiger partial charge < -0.3 is 5.32 Å². The van der Waals surface area contributed by atoms with E-state index in [4.69, 9.17) is 0 Å². The normalized spacial score (nSPS) is 29.5. The molecule has 2 bridgehead atoms. The van der Waals surface area contributed by atoms with Crippen molar-refractivity contribution in [3.63, 3.8) is 0 Å². The zero-order chi connectivity index (χ0) is 12.5. The van der Waals surface area contributed by atoms with E-state index in [0.29, 0.717) is 11.5 Å². The highest BCUT2D eigenvalue weighted by atomic mass is 19.1. The van der Waals surface area contributed by atoms with Crippen molar-refractivity contribution in [3.05, 3.63) is 35.6 Å². The second-order valence-corrected chi connectivity index (χ2v) is 5.66. The minimum atomic E-state index is -0.359. The largest absolute Gasteiger partial charge is 0.352 e. The number of nitrogens with one attached hydrogen (secondary N) is 1. The molecule has 3 rings (SSSR count). The van der Waals surface area contributed by atoms with Gasteiger partial charge in [-0.05, 0) is 55.2 Å². The zero-order valence-corrected chi connectivity index (χ0v) is 10.4. The minimum Gasteiger partial charge on any atom is -0.352 e. The fourth-order valence-electron chi connectivity index (χ4n) is 3.58. The molecule has 2 fully saturated rings. The van der Waals surface area contributed by atoms with Crippen LogP contribution in [0.3, 0.4) is 0 Å². The van der Waals surface area contributed by atoms with Gasteiger partial charge in [-0.2, -0.15) is 0 Å². The Bertz CT molecular complexity index is 460. The lowest BCUT2D eigenvalue weighted by Gasteiger charge is -2.21. The molecule has 0 spiro atoms. The Kier molecular flexibility index (Phi) is 3.06. The molecule has 1 N–H and O–H groups in total. The summed E-state index contributed by atoms with van der Waals surface area (Å²) in [6, 6.07) is 5.86. The summed E-state index contributed by atoms with van der Waals surface area (Å²) in [6.45, 7) is 0.747. The van der Waals surface area contributed by atoms with Crippen molar-refractivity contribution in [2.75, 3.05) is 6.54 Å². The third-order valence-corrected chi connectivity index (χ3v) is 4.50. The van der Waals surface area contributed by atoms with Crippen molar-refractivity contribution in [2.24, 2.45) is 17.8 Å². The monoisotopic (exact) mass is 247 g/mol. The first-order valence-corrected chi connectivity index (χ1v) is 6.76. The fourth-order valence-corrected chi connectivity index (χ4v) is 3.58. The molecule has 2 nitrogen and oxygen atoms in total. The molecular weight excluding hydrogens is 229 g/mol. The van der Waals surface area contributed by atoms with Crippen LogP contribution in [0.4, 0.5) is 4.39 Å². The first-order valence-electron chi connectivity index (χ1n) is 6.76. The van der Waals surface area contributed by atoms with Gasteiger partial charge in [-0.25, -0.2) is 4.39 Å². The quantitative estimate of drug-likeness (QED) is 0.874. The van der Waals surface area contributed by atoms with Crippen molar-refractivity contribution in [1.82, 2.24) is 5.32 Å². The zero-order valence-electron chi connectivity index (χ0n) is 10.4. The van der Waals surface area contributed by atoms with E-state index in [1.165, 1.54) is 37.8 Å². The molecule has 0 aromatic heterocycles. The molecule has 1 aromatic carbocycles. The first kappa shape index (κ1) is 11.7. The van der Waals surface area contributed by atoms with E-state index in [9.17, 15) is 9.18 Å². The van der Waals surface area contributed by atoms with Crippen molar-refractivity contribution >= 4 is 5.91 Å². The number of fused-ring (bicyclic) bond motifs is 2.